The average molecular weight is 407 g/mol. The van der Waals surface area contributed by atoms with Crippen LogP contribution in [-0.2, 0) is 17.8 Å². The molecule has 0 atom stereocenters. The Balaban J connectivity index is 1.55. The molecule has 0 saturated carbocycles. The first kappa shape index (κ1) is 20.7. The van der Waals surface area contributed by atoms with E-state index in [9.17, 15) is 19.3 Å². The third-order valence-electron chi connectivity index (χ3n) is 4.12. The highest BCUT2D eigenvalue weighted by molar-refractivity contribution is 5.84. The van der Waals surface area contributed by atoms with E-state index in [0.29, 0.717) is 16.9 Å². The number of benzene rings is 3. The number of hydrogen-bond acceptors (Lipinski definition) is 5. The molecule has 3 rings (SSSR count). The molecule has 0 aliphatic rings. The van der Waals surface area contributed by atoms with Crippen molar-refractivity contribution in [1.29, 1.82) is 0 Å². The number of hydrazone groups is 1. The molecule has 152 valence electrons. The molecule has 0 heterocycles. The number of carbonyl (C=O) groups excluding carboxylic acids is 1. The van der Waals surface area contributed by atoms with Crippen LogP contribution < -0.4 is 10.2 Å². The zero-order valence-electron chi connectivity index (χ0n) is 15.8. The van der Waals surface area contributed by atoms with Crippen LogP contribution >= 0.6 is 0 Å². The van der Waals surface area contributed by atoms with E-state index in [4.69, 9.17) is 4.74 Å². The van der Waals surface area contributed by atoms with Gasteiger partial charge < -0.3 is 4.74 Å². The summed E-state index contributed by atoms with van der Waals surface area (Å²) in [6, 6.07) is 19.2. The fraction of sp³-hybridized carbons (Fsp3) is 0.0909. The average Bonchev–Trinajstić information content (AvgIpc) is 2.74. The number of nitro benzene ring substituents is 1. The molecule has 0 aliphatic heterocycles. The van der Waals surface area contributed by atoms with Crippen molar-refractivity contribution in [3.63, 3.8) is 0 Å². The maximum Gasteiger partial charge on any atom is 0.273 e. The van der Waals surface area contributed by atoms with Crippen molar-refractivity contribution in [2.24, 2.45) is 5.10 Å². The largest absolute Gasteiger partial charge is 0.489 e. The fourth-order valence-electron chi connectivity index (χ4n) is 2.66. The van der Waals surface area contributed by atoms with Crippen molar-refractivity contribution < 1.29 is 18.8 Å². The molecule has 30 heavy (non-hydrogen) atoms. The Labute approximate surface area is 172 Å². The number of halogens is 1. The third-order valence-corrected chi connectivity index (χ3v) is 4.12. The molecule has 1 N–H and O–H groups in total. The van der Waals surface area contributed by atoms with Crippen molar-refractivity contribution in [2.75, 3.05) is 0 Å². The zero-order valence-corrected chi connectivity index (χ0v) is 15.8. The normalized spacial score (nSPS) is 10.7. The van der Waals surface area contributed by atoms with Gasteiger partial charge in [-0.3, -0.25) is 14.9 Å². The molecule has 0 radical (unpaired) electrons. The first-order valence-corrected chi connectivity index (χ1v) is 9.03. The lowest BCUT2D eigenvalue weighted by Crippen LogP contribution is -2.20. The van der Waals surface area contributed by atoms with Gasteiger partial charge >= 0.3 is 0 Å². The number of ether oxygens (including phenoxy) is 1. The summed E-state index contributed by atoms with van der Waals surface area (Å²) in [4.78, 5) is 22.5. The second-order valence-electron chi connectivity index (χ2n) is 6.34. The Morgan fingerprint density at radius 2 is 1.87 bits per heavy atom. The first-order valence-electron chi connectivity index (χ1n) is 9.03. The maximum atomic E-state index is 12.9. The Hall–Kier alpha value is -4.07. The van der Waals surface area contributed by atoms with Crippen molar-refractivity contribution in [3.8, 4) is 5.75 Å². The van der Waals surface area contributed by atoms with E-state index in [1.54, 1.807) is 48.5 Å². The van der Waals surface area contributed by atoms with Crippen LogP contribution in [0.2, 0.25) is 0 Å². The minimum atomic E-state index is -0.524. The maximum absolute atomic E-state index is 12.9. The van der Waals surface area contributed by atoms with Gasteiger partial charge in [0.15, 0.2) is 0 Å². The monoisotopic (exact) mass is 407 g/mol. The summed E-state index contributed by atoms with van der Waals surface area (Å²) in [6.07, 6.45) is 1.29. The SMILES string of the molecule is O=C(Cc1ccccc1[N+](=O)[O-])N/N=C/c1cccc(OCc2ccc(F)cc2)c1. The van der Waals surface area contributed by atoms with Crippen LogP contribution in [0.5, 0.6) is 5.75 Å². The molecule has 0 spiro atoms. The molecule has 0 unspecified atom stereocenters. The lowest BCUT2D eigenvalue weighted by Gasteiger charge is -2.07. The van der Waals surface area contributed by atoms with E-state index in [1.807, 2.05) is 0 Å². The number of para-hydroxylation sites is 1. The second-order valence-corrected chi connectivity index (χ2v) is 6.34. The number of rotatable bonds is 8. The van der Waals surface area contributed by atoms with Gasteiger partial charge in [0.1, 0.15) is 18.2 Å². The van der Waals surface area contributed by atoms with E-state index in [-0.39, 0.29) is 24.5 Å². The molecule has 0 aliphatic carbocycles. The molecule has 7 nitrogen and oxygen atoms in total. The number of nitrogens with one attached hydrogen (secondary N) is 1. The molecular weight excluding hydrogens is 389 g/mol. The molecule has 0 fully saturated rings. The standard InChI is InChI=1S/C22H18FN3O4/c23-19-10-8-16(9-11-19)15-30-20-6-3-4-17(12-20)14-24-25-22(27)13-18-5-1-2-7-21(18)26(28)29/h1-12,14H,13,15H2,(H,25,27)/b24-14+. The van der Waals surface area contributed by atoms with Crippen LogP contribution in [-0.4, -0.2) is 17.0 Å². The van der Waals surface area contributed by atoms with Gasteiger partial charge in [-0.25, -0.2) is 9.82 Å². The Morgan fingerprint density at radius 1 is 1.10 bits per heavy atom. The summed E-state index contributed by atoms with van der Waals surface area (Å²) >= 11 is 0. The summed E-state index contributed by atoms with van der Waals surface area (Å²) < 4.78 is 18.6. The van der Waals surface area contributed by atoms with E-state index < -0.39 is 10.8 Å². The van der Waals surface area contributed by atoms with Crippen LogP contribution in [0.3, 0.4) is 0 Å². The Kier molecular flexibility index (Phi) is 6.83. The smallest absolute Gasteiger partial charge is 0.273 e. The van der Waals surface area contributed by atoms with Gasteiger partial charge in [-0.05, 0) is 35.4 Å². The van der Waals surface area contributed by atoms with Crippen molar-refractivity contribution >= 4 is 17.8 Å². The van der Waals surface area contributed by atoms with E-state index in [0.717, 1.165) is 5.56 Å². The second kappa shape index (κ2) is 9.92. The lowest BCUT2D eigenvalue weighted by molar-refractivity contribution is -0.385. The van der Waals surface area contributed by atoms with E-state index >= 15 is 0 Å². The van der Waals surface area contributed by atoms with Gasteiger partial charge in [-0.1, -0.05) is 42.5 Å². The van der Waals surface area contributed by atoms with Gasteiger partial charge in [-0.2, -0.15) is 5.10 Å². The van der Waals surface area contributed by atoms with E-state index in [2.05, 4.69) is 10.5 Å². The van der Waals surface area contributed by atoms with Gasteiger partial charge in [0.05, 0.1) is 17.6 Å². The van der Waals surface area contributed by atoms with Crippen LogP contribution in [0.15, 0.2) is 77.9 Å². The van der Waals surface area contributed by atoms with Crippen molar-refractivity contribution in [3.05, 3.63) is 105 Å². The predicted molar refractivity (Wildman–Crippen MR) is 110 cm³/mol. The van der Waals surface area contributed by atoms with Crippen molar-refractivity contribution in [1.82, 2.24) is 5.43 Å². The summed E-state index contributed by atoms with van der Waals surface area (Å²) in [5.74, 6) is -0.181. The summed E-state index contributed by atoms with van der Waals surface area (Å²) in [6.45, 7) is 0.285. The number of hydrogen-bond donors (Lipinski definition) is 1. The van der Waals surface area contributed by atoms with Crippen LogP contribution in [0.4, 0.5) is 10.1 Å². The summed E-state index contributed by atoms with van der Waals surface area (Å²) in [5.41, 5.74) is 4.09. The highest BCUT2D eigenvalue weighted by Gasteiger charge is 2.14. The number of nitro groups is 1. The topological polar surface area (TPSA) is 93.8 Å². The molecule has 3 aromatic rings. The summed E-state index contributed by atoms with van der Waals surface area (Å²) in [5, 5.41) is 14.9. The fourth-order valence-corrected chi connectivity index (χ4v) is 2.66. The molecule has 3 aromatic carbocycles. The summed E-state index contributed by atoms with van der Waals surface area (Å²) in [7, 11) is 0. The molecule has 8 heteroatoms. The zero-order chi connectivity index (χ0) is 21.3. The molecule has 1 amide bonds. The van der Waals surface area contributed by atoms with E-state index in [1.165, 1.54) is 30.5 Å². The van der Waals surface area contributed by atoms with Gasteiger partial charge in [0.2, 0.25) is 5.91 Å². The van der Waals surface area contributed by atoms with Gasteiger partial charge in [0, 0.05) is 11.6 Å². The number of carbonyl (C=O) groups is 1. The first-order chi connectivity index (χ1) is 14.5. The van der Waals surface area contributed by atoms with Gasteiger partial charge in [0.25, 0.3) is 5.69 Å². The molecule has 0 saturated heterocycles. The van der Waals surface area contributed by atoms with Crippen LogP contribution in [0, 0.1) is 15.9 Å². The lowest BCUT2D eigenvalue weighted by atomic mass is 10.1. The minimum absolute atomic E-state index is 0.109. The number of amides is 1. The molecular formula is C22H18FN3O4. The highest BCUT2D eigenvalue weighted by Crippen LogP contribution is 2.18. The Bertz CT molecular complexity index is 1070. The molecule has 0 aromatic heterocycles. The quantitative estimate of drug-likeness (QED) is 0.347. The van der Waals surface area contributed by atoms with Gasteiger partial charge in [-0.15, -0.1) is 0 Å². The van der Waals surface area contributed by atoms with Crippen LogP contribution in [0.1, 0.15) is 16.7 Å². The van der Waals surface area contributed by atoms with Crippen molar-refractivity contribution in [2.45, 2.75) is 13.0 Å². The minimum Gasteiger partial charge on any atom is -0.489 e. The Morgan fingerprint density at radius 3 is 2.63 bits per heavy atom. The number of nitrogens with zero attached hydrogens (tertiary/aromatic N) is 2. The van der Waals surface area contributed by atoms with Crippen LogP contribution in [0.25, 0.3) is 0 Å². The molecule has 0 bridgehead atoms. The highest BCUT2D eigenvalue weighted by atomic mass is 19.1. The third kappa shape index (κ3) is 5.96. The predicted octanol–water partition coefficient (Wildman–Crippen LogP) is 4.01.